The van der Waals surface area contributed by atoms with Crippen LogP contribution in [0.3, 0.4) is 0 Å². The maximum absolute atomic E-state index is 11.2. The standard InChI is InChI=1S/C12H16O7/c1-18-9-3-6(11(15)8(14)5-13)7(12(16)17)4-10(9)19-2/h3-4,8,11,13-15H,5H2,1-2H3,(H,16,17). The lowest BCUT2D eigenvalue weighted by molar-refractivity contribution is -0.0159. The van der Waals surface area contributed by atoms with Gasteiger partial charge in [0.2, 0.25) is 0 Å². The summed E-state index contributed by atoms with van der Waals surface area (Å²) in [5, 5.41) is 37.2. The van der Waals surface area contributed by atoms with E-state index in [-0.39, 0.29) is 22.6 Å². The highest BCUT2D eigenvalue weighted by Crippen LogP contribution is 2.34. The molecule has 0 aliphatic rings. The van der Waals surface area contributed by atoms with Crippen molar-refractivity contribution in [1.29, 1.82) is 0 Å². The number of methoxy groups -OCH3 is 2. The number of carboxylic acid groups (broad SMARTS) is 1. The minimum atomic E-state index is -1.55. The zero-order valence-electron chi connectivity index (χ0n) is 10.5. The highest BCUT2D eigenvalue weighted by Gasteiger charge is 2.25. The summed E-state index contributed by atoms with van der Waals surface area (Å²) in [6, 6.07) is 2.44. The number of ether oxygens (including phenoxy) is 2. The molecule has 4 N–H and O–H groups in total. The number of aliphatic hydroxyl groups excluding tert-OH is 3. The first-order valence-electron chi connectivity index (χ1n) is 5.42. The molecule has 1 aromatic carbocycles. The van der Waals surface area contributed by atoms with E-state index >= 15 is 0 Å². The van der Waals surface area contributed by atoms with Crippen LogP contribution in [0.4, 0.5) is 0 Å². The highest BCUT2D eigenvalue weighted by molar-refractivity contribution is 5.90. The third-order valence-corrected chi connectivity index (χ3v) is 2.66. The van der Waals surface area contributed by atoms with E-state index in [2.05, 4.69) is 0 Å². The minimum Gasteiger partial charge on any atom is -0.493 e. The van der Waals surface area contributed by atoms with Crippen LogP contribution in [0.5, 0.6) is 11.5 Å². The van der Waals surface area contributed by atoms with Gasteiger partial charge in [-0.3, -0.25) is 0 Å². The van der Waals surface area contributed by atoms with Crippen molar-refractivity contribution in [3.05, 3.63) is 23.3 Å². The van der Waals surface area contributed by atoms with E-state index in [1.807, 2.05) is 0 Å². The summed E-state index contributed by atoms with van der Waals surface area (Å²) < 4.78 is 9.97. The van der Waals surface area contributed by atoms with Crippen molar-refractivity contribution in [3.8, 4) is 11.5 Å². The molecule has 0 heterocycles. The molecule has 19 heavy (non-hydrogen) atoms. The Morgan fingerprint density at radius 3 is 2.16 bits per heavy atom. The molecule has 0 aliphatic carbocycles. The van der Waals surface area contributed by atoms with Gasteiger partial charge in [0.1, 0.15) is 12.2 Å². The predicted molar refractivity (Wildman–Crippen MR) is 64.6 cm³/mol. The molecule has 0 amide bonds. The van der Waals surface area contributed by atoms with Crippen molar-refractivity contribution in [1.82, 2.24) is 0 Å². The van der Waals surface area contributed by atoms with E-state index in [1.165, 1.54) is 26.4 Å². The Kier molecular flexibility index (Phi) is 5.11. The lowest BCUT2D eigenvalue weighted by Crippen LogP contribution is -2.24. The van der Waals surface area contributed by atoms with Crippen molar-refractivity contribution in [3.63, 3.8) is 0 Å². The van der Waals surface area contributed by atoms with Crippen LogP contribution in [0.1, 0.15) is 22.0 Å². The number of rotatable bonds is 6. The Bertz CT molecular complexity index is 458. The zero-order chi connectivity index (χ0) is 14.6. The summed E-state index contributed by atoms with van der Waals surface area (Å²) in [6.07, 6.45) is -3.04. The zero-order valence-corrected chi connectivity index (χ0v) is 10.5. The lowest BCUT2D eigenvalue weighted by Gasteiger charge is -2.19. The van der Waals surface area contributed by atoms with Gasteiger partial charge in [0, 0.05) is 5.56 Å². The second kappa shape index (κ2) is 6.37. The van der Waals surface area contributed by atoms with Gasteiger partial charge in [0.15, 0.2) is 11.5 Å². The van der Waals surface area contributed by atoms with E-state index in [0.29, 0.717) is 0 Å². The van der Waals surface area contributed by atoms with Crippen molar-refractivity contribution < 1.29 is 34.7 Å². The summed E-state index contributed by atoms with van der Waals surface area (Å²) in [7, 11) is 2.71. The molecule has 0 radical (unpaired) electrons. The summed E-state index contributed by atoms with van der Waals surface area (Å²) in [5.41, 5.74) is -0.302. The molecule has 1 rings (SSSR count). The topological polar surface area (TPSA) is 116 Å². The summed E-state index contributed by atoms with van der Waals surface area (Å²) >= 11 is 0. The number of hydrogen-bond acceptors (Lipinski definition) is 6. The number of benzene rings is 1. The molecule has 2 unspecified atom stereocenters. The molecule has 0 aliphatic heterocycles. The van der Waals surface area contributed by atoms with Gasteiger partial charge in [-0.15, -0.1) is 0 Å². The molecule has 0 fully saturated rings. The Hall–Kier alpha value is -1.83. The van der Waals surface area contributed by atoms with Gasteiger partial charge in [-0.25, -0.2) is 4.79 Å². The second-order valence-corrected chi connectivity index (χ2v) is 3.79. The van der Waals surface area contributed by atoms with Crippen LogP contribution in [0.15, 0.2) is 12.1 Å². The number of carbonyl (C=O) groups is 1. The third kappa shape index (κ3) is 3.14. The molecule has 1 aromatic rings. The fourth-order valence-corrected chi connectivity index (χ4v) is 1.63. The number of hydrogen-bond donors (Lipinski definition) is 4. The fourth-order valence-electron chi connectivity index (χ4n) is 1.63. The molecule has 106 valence electrons. The van der Waals surface area contributed by atoms with Crippen LogP contribution < -0.4 is 9.47 Å². The van der Waals surface area contributed by atoms with Gasteiger partial charge >= 0.3 is 5.97 Å². The second-order valence-electron chi connectivity index (χ2n) is 3.79. The Labute approximate surface area is 109 Å². The van der Waals surface area contributed by atoms with Crippen molar-refractivity contribution in [2.75, 3.05) is 20.8 Å². The van der Waals surface area contributed by atoms with E-state index < -0.39 is 24.8 Å². The SMILES string of the molecule is COc1cc(C(=O)O)c(C(O)C(O)CO)cc1OC. The average molecular weight is 272 g/mol. The number of aromatic carboxylic acids is 1. The monoisotopic (exact) mass is 272 g/mol. The summed E-state index contributed by atoms with van der Waals surface area (Å²) in [5.74, 6) is -0.888. The van der Waals surface area contributed by atoms with Crippen molar-refractivity contribution >= 4 is 5.97 Å². The van der Waals surface area contributed by atoms with Gasteiger partial charge in [-0.05, 0) is 12.1 Å². The van der Waals surface area contributed by atoms with Gasteiger partial charge < -0.3 is 29.9 Å². The Morgan fingerprint density at radius 2 is 1.74 bits per heavy atom. The van der Waals surface area contributed by atoms with Crippen molar-refractivity contribution in [2.45, 2.75) is 12.2 Å². The summed E-state index contributed by atoms with van der Waals surface area (Å²) in [4.78, 5) is 11.2. The largest absolute Gasteiger partial charge is 0.493 e. The Morgan fingerprint density at radius 1 is 1.21 bits per heavy atom. The van der Waals surface area contributed by atoms with E-state index in [4.69, 9.17) is 19.7 Å². The van der Waals surface area contributed by atoms with Gasteiger partial charge in [0.05, 0.1) is 26.4 Å². The maximum atomic E-state index is 11.2. The number of carboxylic acids is 1. The van der Waals surface area contributed by atoms with Crippen LogP contribution in [0.2, 0.25) is 0 Å². The highest BCUT2D eigenvalue weighted by atomic mass is 16.5. The lowest BCUT2D eigenvalue weighted by atomic mass is 9.98. The molecule has 7 heteroatoms. The Balaban J connectivity index is 3.39. The van der Waals surface area contributed by atoms with Gasteiger partial charge in [0.25, 0.3) is 0 Å². The van der Waals surface area contributed by atoms with E-state index in [9.17, 15) is 15.0 Å². The minimum absolute atomic E-state index is 0.0632. The maximum Gasteiger partial charge on any atom is 0.336 e. The molecule has 0 spiro atoms. The smallest absolute Gasteiger partial charge is 0.336 e. The quantitative estimate of drug-likeness (QED) is 0.566. The molecule has 0 saturated heterocycles. The third-order valence-electron chi connectivity index (χ3n) is 2.66. The number of aliphatic hydroxyl groups is 3. The van der Waals surface area contributed by atoms with Crippen molar-refractivity contribution in [2.24, 2.45) is 0 Å². The molecular formula is C12H16O7. The van der Waals surface area contributed by atoms with E-state index in [0.717, 1.165) is 0 Å². The molecule has 7 nitrogen and oxygen atoms in total. The first-order chi connectivity index (χ1) is 8.96. The molecule has 0 saturated carbocycles. The van der Waals surface area contributed by atoms with Crippen LogP contribution in [-0.4, -0.2) is 53.3 Å². The fraction of sp³-hybridized carbons (Fsp3) is 0.417. The van der Waals surface area contributed by atoms with Gasteiger partial charge in [-0.2, -0.15) is 0 Å². The van der Waals surface area contributed by atoms with Crippen LogP contribution >= 0.6 is 0 Å². The predicted octanol–water partition coefficient (Wildman–Crippen LogP) is -0.211. The van der Waals surface area contributed by atoms with Crippen LogP contribution in [-0.2, 0) is 0 Å². The molecule has 0 aromatic heterocycles. The van der Waals surface area contributed by atoms with Crippen LogP contribution in [0, 0.1) is 0 Å². The molecule has 2 atom stereocenters. The molecule has 0 bridgehead atoms. The van der Waals surface area contributed by atoms with Gasteiger partial charge in [-0.1, -0.05) is 0 Å². The normalized spacial score (nSPS) is 13.7. The summed E-state index contributed by atoms with van der Waals surface area (Å²) in [6.45, 7) is -0.700. The average Bonchev–Trinajstić information content (AvgIpc) is 2.43. The first-order valence-corrected chi connectivity index (χ1v) is 5.42. The molecular weight excluding hydrogens is 256 g/mol. The van der Waals surface area contributed by atoms with Crippen LogP contribution in [0.25, 0.3) is 0 Å². The van der Waals surface area contributed by atoms with E-state index in [1.54, 1.807) is 0 Å². The first kappa shape index (κ1) is 15.2.